The first-order chi connectivity index (χ1) is 7.27. The van der Waals surface area contributed by atoms with Gasteiger partial charge >= 0.3 is 5.97 Å². The molecule has 2 heteroatoms. The van der Waals surface area contributed by atoms with Crippen molar-refractivity contribution >= 4 is 5.97 Å². The third-order valence-electron chi connectivity index (χ3n) is 2.31. The average Bonchev–Trinajstić information content (AvgIpc) is 2.28. The monoisotopic (exact) mass is 204 g/mol. The van der Waals surface area contributed by atoms with Gasteiger partial charge in [-0.25, -0.2) is 0 Å². The summed E-state index contributed by atoms with van der Waals surface area (Å²) < 4.78 is 4.61. The second-order valence-corrected chi connectivity index (χ2v) is 3.34. The number of carbonyl (C=O) groups excluding carboxylic acids is 1. The second-order valence-electron chi connectivity index (χ2n) is 3.34. The minimum absolute atomic E-state index is 0.164. The maximum atomic E-state index is 11.0. The number of aryl methyl sites for hydroxylation is 1. The minimum atomic E-state index is -0.164. The molecule has 1 rings (SSSR count). The van der Waals surface area contributed by atoms with Crippen LogP contribution in [0.1, 0.15) is 17.5 Å². The lowest BCUT2D eigenvalue weighted by Crippen LogP contribution is -2.03. The zero-order valence-corrected chi connectivity index (χ0v) is 9.03. The van der Waals surface area contributed by atoms with Gasteiger partial charge in [-0.2, -0.15) is 0 Å². The molecule has 0 saturated heterocycles. The van der Waals surface area contributed by atoms with Crippen molar-refractivity contribution < 1.29 is 9.53 Å². The Bertz CT molecular complexity index is 342. The molecule has 0 atom stereocenters. The SMILES string of the molecule is C=CCc1ccccc1CCC(=O)OC. The highest BCUT2D eigenvalue weighted by atomic mass is 16.5. The van der Waals surface area contributed by atoms with Crippen LogP contribution in [-0.2, 0) is 22.4 Å². The van der Waals surface area contributed by atoms with E-state index in [-0.39, 0.29) is 5.97 Å². The van der Waals surface area contributed by atoms with Gasteiger partial charge in [0.1, 0.15) is 0 Å². The van der Waals surface area contributed by atoms with E-state index in [1.807, 2.05) is 24.3 Å². The summed E-state index contributed by atoms with van der Waals surface area (Å²) in [5.41, 5.74) is 2.43. The summed E-state index contributed by atoms with van der Waals surface area (Å²) in [5.74, 6) is -0.164. The fourth-order valence-corrected chi connectivity index (χ4v) is 1.49. The van der Waals surface area contributed by atoms with Crippen LogP contribution in [0.25, 0.3) is 0 Å². The summed E-state index contributed by atoms with van der Waals surface area (Å²) in [6.45, 7) is 3.72. The predicted octanol–water partition coefficient (Wildman–Crippen LogP) is 2.52. The molecule has 0 amide bonds. The third kappa shape index (κ3) is 3.58. The lowest BCUT2D eigenvalue weighted by molar-refractivity contribution is -0.140. The van der Waals surface area contributed by atoms with Crippen LogP contribution in [0.2, 0.25) is 0 Å². The molecule has 0 N–H and O–H groups in total. The molecule has 0 radical (unpaired) electrons. The van der Waals surface area contributed by atoms with Gasteiger partial charge in [0.2, 0.25) is 0 Å². The predicted molar refractivity (Wildman–Crippen MR) is 60.7 cm³/mol. The second kappa shape index (κ2) is 6.02. The molecule has 0 aliphatic heterocycles. The number of carbonyl (C=O) groups is 1. The van der Waals surface area contributed by atoms with Crippen molar-refractivity contribution in [3.63, 3.8) is 0 Å². The largest absolute Gasteiger partial charge is 0.469 e. The zero-order valence-electron chi connectivity index (χ0n) is 9.03. The third-order valence-corrected chi connectivity index (χ3v) is 2.31. The van der Waals surface area contributed by atoms with E-state index in [0.29, 0.717) is 6.42 Å². The van der Waals surface area contributed by atoms with Gasteiger partial charge in [0.15, 0.2) is 0 Å². The highest BCUT2D eigenvalue weighted by molar-refractivity contribution is 5.69. The highest BCUT2D eigenvalue weighted by Gasteiger charge is 2.04. The number of benzene rings is 1. The first kappa shape index (κ1) is 11.5. The number of esters is 1. The van der Waals surface area contributed by atoms with Crippen LogP contribution in [0.5, 0.6) is 0 Å². The Balaban J connectivity index is 2.66. The van der Waals surface area contributed by atoms with Crippen LogP contribution in [0.4, 0.5) is 0 Å². The summed E-state index contributed by atoms with van der Waals surface area (Å²) in [6.07, 6.45) is 3.88. The van der Waals surface area contributed by atoms with E-state index in [0.717, 1.165) is 12.8 Å². The van der Waals surface area contributed by atoms with Crippen molar-refractivity contribution in [2.45, 2.75) is 19.3 Å². The van der Waals surface area contributed by atoms with Gasteiger partial charge in [-0.15, -0.1) is 6.58 Å². The van der Waals surface area contributed by atoms with E-state index in [1.165, 1.54) is 18.2 Å². The minimum Gasteiger partial charge on any atom is -0.469 e. The molecule has 1 aromatic carbocycles. The molecule has 1 aromatic rings. The summed E-state index contributed by atoms with van der Waals surface area (Å²) in [4.78, 5) is 11.0. The van der Waals surface area contributed by atoms with Gasteiger partial charge < -0.3 is 4.74 Å². The smallest absolute Gasteiger partial charge is 0.305 e. The van der Waals surface area contributed by atoms with Crippen LogP contribution in [0.15, 0.2) is 36.9 Å². The highest BCUT2D eigenvalue weighted by Crippen LogP contribution is 2.12. The number of allylic oxidation sites excluding steroid dienone is 1. The fourth-order valence-electron chi connectivity index (χ4n) is 1.49. The van der Waals surface area contributed by atoms with E-state index >= 15 is 0 Å². The topological polar surface area (TPSA) is 26.3 Å². The van der Waals surface area contributed by atoms with E-state index in [4.69, 9.17) is 0 Å². The summed E-state index contributed by atoms with van der Waals surface area (Å²) in [7, 11) is 1.41. The number of rotatable bonds is 5. The Morgan fingerprint density at radius 2 is 2.07 bits per heavy atom. The lowest BCUT2D eigenvalue weighted by atomic mass is 10.0. The Labute approximate surface area is 90.6 Å². The molecule has 0 fully saturated rings. The van der Waals surface area contributed by atoms with Crippen molar-refractivity contribution in [3.05, 3.63) is 48.0 Å². The summed E-state index contributed by atoms with van der Waals surface area (Å²) in [5, 5.41) is 0. The number of methoxy groups -OCH3 is 1. The lowest BCUT2D eigenvalue weighted by Gasteiger charge is -2.06. The molecule has 0 unspecified atom stereocenters. The van der Waals surface area contributed by atoms with E-state index in [1.54, 1.807) is 0 Å². The Morgan fingerprint density at radius 1 is 1.40 bits per heavy atom. The van der Waals surface area contributed by atoms with Gasteiger partial charge in [0.05, 0.1) is 7.11 Å². The summed E-state index contributed by atoms with van der Waals surface area (Å²) in [6, 6.07) is 8.09. The van der Waals surface area contributed by atoms with E-state index < -0.39 is 0 Å². The molecule has 0 saturated carbocycles. The maximum Gasteiger partial charge on any atom is 0.305 e. The van der Waals surface area contributed by atoms with Crippen molar-refractivity contribution in [1.82, 2.24) is 0 Å². The molecule has 0 aliphatic rings. The van der Waals surface area contributed by atoms with Crippen LogP contribution < -0.4 is 0 Å². The van der Waals surface area contributed by atoms with Gasteiger partial charge in [-0.1, -0.05) is 30.3 Å². The molecular formula is C13H16O2. The number of hydrogen-bond acceptors (Lipinski definition) is 2. The first-order valence-electron chi connectivity index (χ1n) is 5.02. The van der Waals surface area contributed by atoms with Gasteiger partial charge in [-0.05, 0) is 24.0 Å². The van der Waals surface area contributed by atoms with Crippen LogP contribution >= 0.6 is 0 Å². The molecule has 2 nitrogen and oxygen atoms in total. The Morgan fingerprint density at radius 3 is 2.67 bits per heavy atom. The molecule has 0 bridgehead atoms. The van der Waals surface area contributed by atoms with E-state index in [2.05, 4.69) is 17.4 Å². The normalized spacial score (nSPS) is 9.67. The first-order valence-corrected chi connectivity index (χ1v) is 5.02. The van der Waals surface area contributed by atoms with Crippen molar-refractivity contribution in [2.75, 3.05) is 7.11 Å². The van der Waals surface area contributed by atoms with E-state index in [9.17, 15) is 4.79 Å². The van der Waals surface area contributed by atoms with Crippen molar-refractivity contribution in [3.8, 4) is 0 Å². The zero-order chi connectivity index (χ0) is 11.1. The standard InChI is InChI=1S/C13H16O2/c1-3-6-11-7-4-5-8-12(11)9-10-13(14)15-2/h3-5,7-8H,1,6,9-10H2,2H3. The average molecular weight is 204 g/mol. The molecule has 0 heterocycles. The molecule has 15 heavy (non-hydrogen) atoms. The molecule has 80 valence electrons. The number of hydrogen-bond donors (Lipinski definition) is 0. The molecule has 0 aromatic heterocycles. The molecular weight excluding hydrogens is 188 g/mol. The van der Waals surface area contributed by atoms with Crippen LogP contribution in [0.3, 0.4) is 0 Å². The summed E-state index contributed by atoms with van der Waals surface area (Å²) >= 11 is 0. The fraction of sp³-hybridized carbons (Fsp3) is 0.308. The van der Waals surface area contributed by atoms with Crippen molar-refractivity contribution in [1.29, 1.82) is 0 Å². The van der Waals surface area contributed by atoms with Gasteiger partial charge in [0.25, 0.3) is 0 Å². The van der Waals surface area contributed by atoms with Gasteiger partial charge in [-0.3, -0.25) is 4.79 Å². The number of ether oxygens (including phenoxy) is 1. The Kier molecular flexibility index (Phi) is 4.61. The Hall–Kier alpha value is -1.57. The van der Waals surface area contributed by atoms with Crippen LogP contribution in [-0.4, -0.2) is 13.1 Å². The van der Waals surface area contributed by atoms with Crippen LogP contribution in [0, 0.1) is 0 Å². The quantitative estimate of drug-likeness (QED) is 0.544. The van der Waals surface area contributed by atoms with Gasteiger partial charge in [0, 0.05) is 6.42 Å². The molecule has 0 aliphatic carbocycles. The molecule has 0 spiro atoms. The van der Waals surface area contributed by atoms with Crippen molar-refractivity contribution in [2.24, 2.45) is 0 Å². The maximum absolute atomic E-state index is 11.0.